The maximum atomic E-state index is 4.31. The number of nitrogens with one attached hydrogen (secondary N) is 3. The molecule has 4 heteroatoms. The normalized spacial score (nSPS) is 10.6. The minimum absolute atomic E-state index is 0.941. The van der Waals surface area contributed by atoms with E-state index in [9.17, 15) is 0 Å². The van der Waals surface area contributed by atoms with Crippen molar-refractivity contribution < 1.29 is 0 Å². The van der Waals surface area contributed by atoms with Gasteiger partial charge >= 0.3 is 0 Å². The Bertz CT molecular complexity index is 418. The van der Waals surface area contributed by atoms with E-state index in [2.05, 4.69) is 20.8 Å². The first kappa shape index (κ1) is 8.07. The van der Waals surface area contributed by atoms with E-state index in [0.29, 0.717) is 0 Å². The number of aromatic nitrogens is 2. The summed E-state index contributed by atoms with van der Waals surface area (Å²) in [6.07, 6.45) is 0. The molecule has 0 radical (unpaired) electrons. The van der Waals surface area contributed by atoms with Gasteiger partial charge < -0.3 is 10.4 Å². The molecule has 1 aromatic carbocycles. The molecule has 1 aromatic heterocycles. The minimum Gasteiger partial charge on any atom is -0.342 e. The van der Waals surface area contributed by atoms with Gasteiger partial charge in [0.25, 0.3) is 0 Å². The lowest BCUT2D eigenvalue weighted by Crippen LogP contribution is -2.14. The number of hydrazine groups is 1. The molecule has 0 aliphatic heterocycles. The number of nitrogens with zero attached hydrogens (tertiary/aromatic N) is 1. The second kappa shape index (κ2) is 3.06. The van der Waals surface area contributed by atoms with Gasteiger partial charge in [-0.3, -0.25) is 0 Å². The molecule has 0 amide bonds. The maximum absolute atomic E-state index is 4.31. The van der Waals surface area contributed by atoms with Crippen LogP contribution in [0.4, 0.5) is 5.69 Å². The molecule has 2 rings (SSSR count). The fraction of sp³-hybridized carbons (Fsp3) is 0.222. The molecule has 0 spiro atoms. The Morgan fingerprint density at radius 2 is 2.23 bits per heavy atom. The fourth-order valence-corrected chi connectivity index (χ4v) is 1.36. The molecule has 0 saturated heterocycles. The number of rotatable bonds is 2. The van der Waals surface area contributed by atoms with Crippen molar-refractivity contribution in [3.63, 3.8) is 0 Å². The Kier molecular flexibility index (Phi) is 1.90. The number of hydrogen-bond acceptors (Lipinski definition) is 3. The molecule has 0 unspecified atom stereocenters. The van der Waals surface area contributed by atoms with Crippen LogP contribution in [0, 0.1) is 6.92 Å². The van der Waals surface area contributed by atoms with Gasteiger partial charge in [0.15, 0.2) is 0 Å². The predicted molar refractivity (Wildman–Crippen MR) is 53.5 cm³/mol. The van der Waals surface area contributed by atoms with Gasteiger partial charge in [-0.05, 0) is 25.1 Å². The van der Waals surface area contributed by atoms with Gasteiger partial charge in [0, 0.05) is 7.05 Å². The summed E-state index contributed by atoms with van der Waals surface area (Å²) in [5, 5.41) is 0. The standard InChI is InChI=1S/C9H12N4/c1-6-11-8-4-3-7(13-10-2)5-9(8)12-6/h3-5,10,13H,1-2H3,(H,11,12). The van der Waals surface area contributed by atoms with Crippen molar-refractivity contribution in [2.45, 2.75) is 6.92 Å². The van der Waals surface area contributed by atoms with Crippen LogP contribution in [-0.4, -0.2) is 17.0 Å². The van der Waals surface area contributed by atoms with Crippen molar-refractivity contribution in [2.75, 3.05) is 12.5 Å². The summed E-state index contributed by atoms with van der Waals surface area (Å²) in [5.41, 5.74) is 8.96. The molecule has 0 fully saturated rings. The van der Waals surface area contributed by atoms with Crippen molar-refractivity contribution in [3.05, 3.63) is 24.0 Å². The second-order valence-corrected chi connectivity index (χ2v) is 2.93. The van der Waals surface area contributed by atoms with E-state index in [0.717, 1.165) is 22.5 Å². The molecule has 1 heterocycles. The van der Waals surface area contributed by atoms with Crippen molar-refractivity contribution in [1.29, 1.82) is 0 Å². The van der Waals surface area contributed by atoms with Crippen LogP contribution in [0.2, 0.25) is 0 Å². The number of aryl methyl sites for hydroxylation is 1. The third-order valence-corrected chi connectivity index (χ3v) is 1.87. The van der Waals surface area contributed by atoms with Crippen molar-refractivity contribution >= 4 is 16.7 Å². The van der Waals surface area contributed by atoms with Gasteiger partial charge in [0.2, 0.25) is 0 Å². The van der Waals surface area contributed by atoms with Gasteiger partial charge in [-0.25, -0.2) is 10.4 Å². The number of anilines is 1. The van der Waals surface area contributed by atoms with Crippen LogP contribution in [-0.2, 0) is 0 Å². The van der Waals surface area contributed by atoms with Crippen molar-refractivity contribution in [2.24, 2.45) is 0 Å². The molecular formula is C9H12N4. The molecular weight excluding hydrogens is 164 g/mol. The third kappa shape index (κ3) is 1.48. The first-order chi connectivity index (χ1) is 6.29. The SMILES string of the molecule is CNNc1ccc2nc(C)[nH]c2c1. The summed E-state index contributed by atoms with van der Waals surface area (Å²) in [6.45, 7) is 1.95. The molecule has 4 nitrogen and oxygen atoms in total. The first-order valence-electron chi connectivity index (χ1n) is 4.19. The lowest BCUT2D eigenvalue weighted by molar-refractivity contribution is 0.985. The Balaban J connectivity index is 2.48. The van der Waals surface area contributed by atoms with Gasteiger partial charge in [-0.15, -0.1) is 0 Å². The average molecular weight is 176 g/mol. The second-order valence-electron chi connectivity index (χ2n) is 2.93. The van der Waals surface area contributed by atoms with Crippen LogP contribution in [0.25, 0.3) is 11.0 Å². The largest absolute Gasteiger partial charge is 0.342 e. The van der Waals surface area contributed by atoms with E-state index < -0.39 is 0 Å². The van der Waals surface area contributed by atoms with E-state index in [1.807, 2.05) is 32.2 Å². The number of hydrogen-bond donors (Lipinski definition) is 3. The zero-order valence-corrected chi connectivity index (χ0v) is 7.68. The molecule has 0 bridgehead atoms. The van der Waals surface area contributed by atoms with Crippen molar-refractivity contribution in [1.82, 2.24) is 15.4 Å². The Morgan fingerprint density at radius 3 is 3.00 bits per heavy atom. The molecule has 0 saturated carbocycles. The van der Waals surface area contributed by atoms with Crippen LogP contribution in [0.3, 0.4) is 0 Å². The highest BCUT2D eigenvalue weighted by Crippen LogP contribution is 2.15. The van der Waals surface area contributed by atoms with Gasteiger partial charge in [0.1, 0.15) is 5.82 Å². The average Bonchev–Trinajstić information content (AvgIpc) is 2.44. The number of benzene rings is 1. The molecule has 68 valence electrons. The van der Waals surface area contributed by atoms with Crippen LogP contribution in [0.1, 0.15) is 5.82 Å². The monoisotopic (exact) mass is 176 g/mol. The van der Waals surface area contributed by atoms with Crippen LogP contribution >= 0.6 is 0 Å². The van der Waals surface area contributed by atoms with E-state index in [1.54, 1.807) is 0 Å². The van der Waals surface area contributed by atoms with E-state index in [1.165, 1.54) is 0 Å². The molecule has 2 aromatic rings. The Morgan fingerprint density at radius 1 is 1.38 bits per heavy atom. The lowest BCUT2D eigenvalue weighted by Gasteiger charge is -2.02. The molecule has 0 atom stereocenters. The van der Waals surface area contributed by atoms with Crippen LogP contribution in [0.15, 0.2) is 18.2 Å². The van der Waals surface area contributed by atoms with E-state index in [4.69, 9.17) is 0 Å². The third-order valence-electron chi connectivity index (χ3n) is 1.87. The van der Waals surface area contributed by atoms with E-state index >= 15 is 0 Å². The molecule has 13 heavy (non-hydrogen) atoms. The van der Waals surface area contributed by atoms with Crippen LogP contribution < -0.4 is 10.9 Å². The van der Waals surface area contributed by atoms with Gasteiger partial charge in [-0.2, -0.15) is 0 Å². The zero-order valence-electron chi connectivity index (χ0n) is 7.68. The number of imidazole rings is 1. The highest BCUT2D eigenvalue weighted by atomic mass is 15.3. The predicted octanol–water partition coefficient (Wildman–Crippen LogP) is 1.42. The van der Waals surface area contributed by atoms with Gasteiger partial charge in [0.05, 0.1) is 16.7 Å². The first-order valence-corrected chi connectivity index (χ1v) is 4.19. The zero-order chi connectivity index (χ0) is 9.26. The summed E-state index contributed by atoms with van der Waals surface area (Å²) < 4.78 is 0. The van der Waals surface area contributed by atoms with Crippen LogP contribution in [0.5, 0.6) is 0 Å². The molecule has 0 aliphatic rings. The summed E-state index contributed by atoms with van der Waals surface area (Å²) >= 11 is 0. The summed E-state index contributed by atoms with van der Waals surface area (Å²) in [4.78, 5) is 7.49. The number of fused-ring (bicyclic) bond motifs is 1. The van der Waals surface area contributed by atoms with E-state index in [-0.39, 0.29) is 0 Å². The van der Waals surface area contributed by atoms with Crippen molar-refractivity contribution in [3.8, 4) is 0 Å². The summed E-state index contributed by atoms with van der Waals surface area (Å²) in [7, 11) is 1.84. The van der Waals surface area contributed by atoms with Gasteiger partial charge in [-0.1, -0.05) is 0 Å². The Labute approximate surface area is 76.3 Å². The highest BCUT2D eigenvalue weighted by Gasteiger charge is 1.99. The quantitative estimate of drug-likeness (QED) is 0.606. The lowest BCUT2D eigenvalue weighted by atomic mass is 10.3. The summed E-state index contributed by atoms with van der Waals surface area (Å²) in [5.74, 6) is 0.941. The highest BCUT2D eigenvalue weighted by molar-refractivity contribution is 5.79. The number of aromatic amines is 1. The number of H-pyrrole nitrogens is 1. The summed E-state index contributed by atoms with van der Waals surface area (Å²) in [6, 6.07) is 5.99. The smallest absolute Gasteiger partial charge is 0.104 e. The molecule has 3 N–H and O–H groups in total. The topological polar surface area (TPSA) is 52.7 Å². The minimum atomic E-state index is 0.941. The maximum Gasteiger partial charge on any atom is 0.104 e. The molecule has 0 aliphatic carbocycles. The Hall–Kier alpha value is -1.55. The fourth-order valence-electron chi connectivity index (χ4n) is 1.36.